The minimum absolute atomic E-state index is 0.531. The molecule has 2 heteroatoms. The van der Waals surface area contributed by atoms with Gasteiger partial charge in [0.2, 0.25) is 0 Å². The molecule has 0 spiro atoms. The Morgan fingerprint density at radius 1 is 1.31 bits per heavy atom. The van der Waals surface area contributed by atoms with E-state index in [-0.39, 0.29) is 0 Å². The Kier molecular flexibility index (Phi) is 5.77. The Morgan fingerprint density at radius 2 is 2.06 bits per heavy atom. The number of unbranched alkanes of at least 4 members (excludes halogenated alkanes) is 1. The fraction of sp³-hybridized carbons (Fsp3) is 1.00. The zero-order valence-electron chi connectivity index (χ0n) is 11.7. The number of hydrogen-bond acceptors (Lipinski definition) is 2. The van der Waals surface area contributed by atoms with Gasteiger partial charge in [0, 0.05) is 13.1 Å². The molecule has 1 N–H and O–H groups in total. The average Bonchev–Trinajstić information content (AvgIpc) is 2.74. The third kappa shape index (κ3) is 3.46. The highest BCUT2D eigenvalue weighted by atomic mass is 15.1. The van der Waals surface area contributed by atoms with E-state index in [1.165, 1.54) is 52.0 Å². The Bertz CT molecular complexity index is 183. The highest BCUT2D eigenvalue weighted by molar-refractivity contribution is 4.92. The van der Waals surface area contributed by atoms with Crippen LogP contribution in [0.3, 0.4) is 0 Å². The molecule has 0 saturated carbocycles. The molecule has 1 atom stereocenters. The molecule has 1 heterocycles. The summed E-state index contributed by atoms with van der Waals surface area (Å²) in [4.78, 5) is 2.65. The van der Waals surface area contributed by atoms with Gasteiger partial charge in [-0.3, -0.25) is 0 Å². The molecule has 1 unspecified atom stereocenters. The van der Waals surface area contributed by atoms with Gasteiger partial charge in [0.1, 0.15) is 0 Å². The van der Waals surface area contributed by atoms with Gasteiger partial charge in [-0.25, -0.2) is 0 Å². The van der Waals surface area contributed by atoms with Gasteiger partial charge >= 0.3 is 0 Å². The molecule has 1 aliphatic rings. The lowest BCUT2D eigenvalue weighted by Gasteiger charge is -2.37. The van der Waals surface area contributed by atoms with E-state index in [0.29, 0.717) is 5.41 Å². The van der Waals surface area contributed by atoms with E-state index in [9.17, 15) is 0 Å². The second-order valence-electron chi connectivity index (χ2n) is 5.67. The summed E-state index contributed by atoms with van der Waals surface area (Å²) in [5, 5.41) is 3.55. The molecule has 0 aliphatic carbocycles. The van der Waals surface area contributed by atoms with Crippen molar-refractivity contribution >= 4 is 0 Å². The van der Waals surface area contributed by atoms with Crippen LogP contribution in [0.4, 0.5) is 0 Å². The second-order valence-corrected chi connectivity index (χ2v) is 5.67. The molecule has 2 nitrogen and oxygen atoms in total. The van der Waals surface area contributed by atoms with E-state index in [4.69, 9.17) is 0 Å². The molecule has 0 aromatic carbocycles. The van der Waals surface area contributed by atoms with Gasteiger partial charge < -0.3 is 10.2 Å². The molecule has 16 heavy (non-hydrogen) atoms. The van der Waals surface area contributed by atoms with Gasteiger partial charge in [0.25, 0.3) is 0 Å². The van der Waals surface area contributed by atoms with Crippen molar-refractivity contribution in [2.45, 2.75) is 47.0 Å². The van der Waals surface area contributed by atoms with Crippen molar-refractivity contribution in [3.8, 4) is 0 Å². The summed E-state index contributed by atoms with van der Waals surface area (Å²) in [6.45, 7) is 15.6. The normalized spacial score (nSPS) is 25.9. The predicted molar refractivity (Wildman–Crippen MR) is 71.8 cm³/mol. The van der Waals surface area contributed by atoms with Gasteiger partial charge in [-0.1, -0.05) is 34.1 Å². The third-order valence-corrected chi connectivity index (χ3v) is 4.32. The van der Waals surface area contributed by atoms with Crippen molar-refractivity contribution in [1.29, 1.82) is 0 Å². The smallest absolute Gasteiger partial charge is 0.00530 e. The van der Waals surface area contributed by atoms with E-state index >= 15 is 0 Å². The standard InChI is InChI=1S/C14H30N2/c1-5-7-10-16(6-2)12-14(13(3)4)8-9-15-11-14/h13,15H,5-12H2,1-4H3. The summed E-state index contributed by atoms with van der Waals surface area (Å²) < 4.78 is 0. The lowest BCUT2D eigenvalue weighted by atomic mass is 9.76. The van der Waals surface area contributed by atoms with Crippen molar-refractivity contribution in [3.05, 3.63) is 0 Å². The average molecular weight is 226 g/mol. The minimum atomic E-state index is 0.531. The van der Waals surface area contributed by atoms with Gasteiger partial charge in [-0.2, -0.15) is 0 Å². The summed E-state index contributed by atoms with van der Waals surface area (Å²) in [6.07, 6.45) is 4.01. The summed E-state index contributed by atoms with van der Waals surface area (Å²) in [5.41, 5.74) is 0.531. The first-order valence-corrected chi connectivity index (χ1v) is 7.07. The highest BCUT2D eigenvalue weighted by Crippen LogP contribution is 2.34. The Hall–Kier alpha value is -0.0800. The zero-order valence-corrected chi connectivity index (χ0v) is 11.7. The van der Waals surface area contributed by atoms with Crippen LogP contribution < -0.4 is 5.32 Å². The summed E-state index contributed by atoms with van der Waals surface area (Å²) in [5.74, 6) is 0.790. The molecule has 0 radical (unpaired) electrons. The molecule has 96 valence electrons. The van der Waals surface area contributed by atoms with Crippen LogP contribution in [-0.2, 0) is 0 Å². The monoisotopic (exact) mass is 226 g/mol. The molecule has 1 aliphatic heterocycles. The molecule has 1 rings (SSSR count). The topological polar surface area (TPSA) is 15.3 Å². The SMILES string of the molecule is CCCCN(CC)CC1(C(C)C)CCNC1. The molecular weight excluding hydrogens is 196 g/mol. The van der Waals surface area contributed by atoms with Gasteiger partial charge in [-0.05, 0) is 43.8 Å². The van der Waals surface area contributed by atoms with Crippen LogP contribution in [0, 0.1) is 11.3 Å². The fourth-order valence-corrected chi connectivity index (χ4v) is 2.75. The van der Waals surface area contributed by atoms with Crippen molar-refractivity contribution in [2.24, 2.45) is 11.3 Å². The number of rotatable bonds is 7. The van der Waals surface area contributed by atoms with E-state index in [1.807, 2.05) is 0 Å². The molecule has 0 aromatic heterocycles. The van der Waals surface area contributed by atoms with Crippen molar-refractivity contribution in [1.82, 2.24) is 10.2 Å². The largest absolute Gasteiger partial charge is 0.316 e. The van der Waals surface area contributed by atoms with Crippen molar-refractivity contribution < 1.29 is 0 Å². The molecule has 0 amide bonds. The Morgan fingerprint density at radius 3 is 2.50 bits per heavy atom. The molecule has 0 bridgehead atoms. The summed E-state index contributed by atoms with van der Waals surface area (Å²) >= 11 is 0. The fourth-order valence-electron chi connectivity index (χ4n) is 2.75. The predicted octanol–water partition coefficient (Wildman–Crippen LogP) is 2.74. The van der Waals surface area contributed by atoms with E-state index < -0.39 is 0 Å². The minimum Gasteiger partial charge on any atom is -0.316 e. The van der Waals surface area contributed by atoms with Gasteiger partial charge in [-0.15, -0.1) is 0 Å². The molecule has 1 fully saturated rings. The Balaban J connectivity index is 2.52. The maximum absolute atomic E-state index is 3.55. The first-order chi connectivity index (χ1) is 7.64. The van der Waals surface area contributed by atoms with Crippen molar-refractivity contribution in [3.63, 3.8) is 0 Å². The van der Waals surface area contributed by atoms with Crippen LogP contribution in [0.1, 0.15) is 47.0 Å². The number of nitrogens with zero attached hydrogens (tertiary/aromatic N) is 1. The lowest BCUT2D eigenvalue weighted by Crippen LogP contribution is -2.43. The Labute approximate surface area is 102 Å². The third-order valence-electron chi connectivity index (χ3n) is 4.32. The summed E-state index contributed by atoms with van der Waals surface area (Å²) in [6, 6.07) is 0. The number of hydrogen-bond donors (Lipinski definition) is 1. The lowest BCUT2D eigenvalue weighted by molar-refractivity contribution is 0.120. The maximum atomic E-state index is 3.55. The van der Waals surface area contributed by atoms with Crippen molar-refractivity contribution in [2.75, 3.05) is 32.7 Å². The van der Waals surface area contributed by atoms with Crippen LogP contribution in [-0.4, -0.2) is 37.6 Å². The van der Waals surface area contributed by atoms with Crippen LogP contribution in [0.25, 0.3) is 0 Å². The van der Waals surface area contributed by atoms with Crippen LogP contribution in [0.15, 0.2) is 0 Å². The van der Waals surface area contributed by atoms with E-state index in [2.05, 4.69) is 37.9 Å². The van der Waals surface area contributed by atoms with Crippen LogP contribution in [0.2, 0.25) is 0 Å². The zero-order chi connectivity index (χ0) is 12.0. The first kappa shape index (κ1) is 14.0. The van der Waals surface area contributed by atoms with E-state index in [1.54, 1.807) is 0 Å². The van der Waals surface area contributed by atoms with Gasteiger partial charge in [0.15, 0.2) is 0 Å². The second kappa shape index (κ2) is 6.61. The molecular formula is C14H30N2. The maximum Gasteiger partial charge on any atom is 0.00530 e. The molecule has 1 saturated heterocycles. The van der Waals surface area contributed by atoms with E-state index in [0.717, 1.165) is 5.92 Å². The number of nitrogens with one attached hydrogen (secondary N) is 1. The highest BCUT2D eigenvalue weighted by Gasteiger charge is 2.37. The van der Waals surface area contributed by atoms with Gasteiger partial charge in [0.05, 0.1) is 0 Å². The summed E-state index contributed by atoms with van der Waals surface area (Å²) in [7, 11) is 0. The first-order valence-electron chi connectivity index (χ1n) is 7.07. The van der Waals surface area contributed by atoms with Crippen LogP contribution >= 0.6 is 0 Å². The molecule has 0 aromatic rings. The quantitative estimate of drug-likeness (QED) is 0.718. The van der Waals surface area contributed by atoms with Crippen LogP contribution in [0.5, 0.6) is 0 Å².